The van der Waals surface area contributed by atoms with E-state index < -0.39 is 17.9 Å². The Morgan fingerprint density at radius 1 is 1.16 bits per heavy atom. The molecule has 1 heterocycles. The first-order valence-corrected chi connectivity index (χ1v) is 5.96. The fraction of sp³-hybridized carbons (Fsp3) is 0.214. The van der Waals surface area contributed by atoms with Gasteiger partial charge in [-0.15, -0.1) is 0 Å². The number of benzene rings is 1. The van der Waals surface area contributed by atoms with Crippen molar-refractivity contribution in [2.75, 3.05) is 0 Å². The number of nitrogens with zero attached hydrogens (tertiary/aromatic N) is 1. The summed E-state index contributed by atoms with van der Waals surface area (Å²) in [6.07, 6.45) is 2.34. The molecule has 1 aromatic rings. The molecule has 0 radical (unpaired) electrons. The van der Waals surface area contributed by atoms with Crippen molar-refractivity contribution >= 4 is 17.7 Å². The van der Waals surface area contributed by atoms with Crippen LogP contribution in [0.4, 0.5) is 0 Å². The van der Waals surface area contributed by atoms with Crippen molar-refractivity contribution in [2.45, 2.75) is 19.5 Å². The third-order valence-electron chi connectivity index (χ3n) is 2.92. The third kappa shape index (κ3) is 2.88. The van der Waals surface area contributed by atoms with Crippen molar-refractivity contribution < 1.29 is 14.4 Å². The van der Waals surface area contributed by atoms with Crippen LogP contribution in [0, 0.1) is 0 Å². The summed E-state index contributed by atoms with van der Waals surface area (Å²) < 4.78 is 0. The van der Waals surface area contributed by atoms with Crippen molar-refractivity contribution in [1.29, 1.82) is 0 Å². The second-order valence-electron chi connectivity index (χ2n) is 4.26. The predicted molar refractivity (Wildman–Crippen MR) is 68.7 cm³/mol. The minimum Gasteiger partial charge on any atom is -0.350 e. The van der Waals surface area contributed by atoms with Gasteiger partial charge in [0.15, 0.2) is 0 Å². The number of amides is 3. The Morgan fingerprint density at radius 2 is 1.74 bits per heavy atom. The zero-order valence-electron chi connectivity index (χ0n) is 10.5. The molecule has 1 N–H and O–H groups in total. The monoisotopic (exact) mass is 258 g/mol. The Balaban J connectivity index is 1.93. The molecule has 0 aromatic heterocycles. The Bertz CT molecular complexity index is 519. The topological polar surface area (TPSA) is 66.5 Å². The molecule has 5 heteroatoms. The van der Waals surface area contributed by atoms with Gasteiger partial charge in [-0.2, -0.15) is 0 Å². The number of nitrogens with one attached hydrogen (secondary N) is 1. The highest BCUT2D eigenvalue weighted by Crippen LogP contribution is 2.09. The van der Waals surface area contributed by atoms with E-state index in [1.807, 2.05) is 30.3 Å². The van der Waals surface area contributed by atoms with Gasteiger partial charge in [-0.25, -0.2) is 0 Å². The van der Waals surface area contributed by atoms with E-state index >= 15 is 0 Å². The summed E-state index contributed by atoms with van der Waals surface area (Å²) in [5.74, 6) is -1.26. The first-order chi connectivity index (χ1) is 9.09. The molecule has 0 fully saturated rings. The molecule has 1 aromatic carbocycles. The summed E-state index contributed by atoms with van der Waals surface area (Å²) in [7, 11) is 0. The first-order valence-electron chi connectivity index (χ1n) is 5.96. The maximum atomic E-state index is 11.9. The zero-order valence-corrected chi connectivity index (χ0v) is 10.5. The van der Waals surface area contributed by atoms with Gasteiger partial charge in [-0.3, -0.25) is 19.3 Å². The highest BCUT2D eigenvalue weighted by molar-refractivity contribution is 6.15. The van der Waals surface area contributed by atoms with Crippen LogP contribution in [0.2, 0.25) is 0 Å². The molecular formula is C14H14N2O3. The lowest BCUT2D eigenvalue weighted by Gasteiger charge is -2.21. The van der Waals surface area contributed by atoms with E-state index in [2.05, 4.69) is 5.32 Å². The van der Waals surface area contributed by atoms with E-state index in [-0.39, 0.29) is 5.91 Å². The Hall–Kier alpha value is -2.43. The van der Waals surface area contributed by atoms with Gasteiger partial charge in [0.2, 0.25) is 5.91 Å². The van der Waals surface area contributed by atoms with Gasteiger partial charge in [0.05, 0.1) is 0 Å². The number of carbonyl (C=O) groups is 3. The van der Waals surface area contributed by atoms with Crippen LogP contribution >= 0.6 is 0 Å². The van der Waals surface area contributed by atoms with Crippen molar-refractivity contribution in [2.24, 2.45) is 0 Å². The molecule has 0 spiro atoms. The molecule has 19 heavy (non-hydrogen) atoms. The number of carbonyl (C=O) groups excluding carboxylic acids is 3. The number of rotatable bonds is 4. The highest BCUT2D eigenvalue weighted by atomic mass is 16.2. The average Bonchev–Trinajstić information content (AvgIpc) is 2.76. The van der Waals surface area contributed by atoms with Crippen LogP contribution in [-0.4, -0.2) is 28.7 Å². The molecule has 1 atom stereocenters. The first kappa shape index (κ1) is 13.0. The van der Waals surface area contributed by atoms with Crippen LogP contribution in [0.1, 0.15) is 12.5 Å². The third-order valence-corrected chi connectivity index (χ3v) is 2.92. The SMILES string of the molecule is CC(C(=O)NCc1ccccc1)N1C(=O)C=CC1=O. The summed E-state index contributed by atoms with van der Waals surface area (Å²) in [6, 6.07) is 8.61. The summed E-state index contributed by atoms with van der Waals surface area (Å²) in [5, 5.41) is 2.70. The normalized spacial score (nSPS) is 15.7. The van der Waals surface area contributed by atoms with Crippen molar-refractivity contribution in [3.63, 3.8) is 0 Å². The second kappa shape index (κ2) is 5.48. The molecule has 0 saturated heterocycles. The maximum absolute atomic E-state index is 11.9. The number of hydrogen-bond acceptors (Lipinski definition) is 3. The fourth-order valence-corrected chi connectivity index (χ4v) is 1.84. The van der Waals surface area contributed by atoms with Crippen LogP contribution in [0.3, 0.4) is 0 Å². The summed E-state index contributed by atoms with van der Waals surface area (Å²) in [5.41, 5.74) is 0.959. The van der Waals surface area contributed by atoms with Gasteiger partial charge in [0, 0.05) is 18.7 Å². The molecule has 98 valence electrons. The van der Waals surface area contributed by atoms with E-state index in [1.165, 1.54) is 19.1 Å². The average molecular weight is 258 g/mol. The molecule has 0 saturated carbocycles. The highest BCUT2D eigenvalue weighted by Gasteiger charge is 2.32. The molecule has 0 aliphatic carbocycles. The summed E-state index contributed by atoms with van der Waals surface area (Å²) in [6.45, 7) is 1.90. The van der Waals surface area contributed by atoms with E-state index in [0.717, 1.165) is 10.5 Å². The minimum absolute atomic E-state index is 0.353. The maximum Gasteiger partial charge on any atom is 0.254 e. The van der Waals surface area contributed by atoms with Crippen molar-refractivity contribution in [3.8, 4) is 0 Å². The van der Waals surface area contributed by atoms with Gasteiger partial charge < -0.3 is 5.32 Å². The standard InChI is InChI=1S/C14H14N2O3/c1-10(16-12(17)7-8-13(16)18)14(19)15-9-11-5-3-2-4-6-11/h2-8,10H,9H2,1H3,(H,15,19). The molecule has 1 aliphatic heterocycles. The van der Waals surface area contributed by atoms with Gasteiger partial charge >= 0.3 is 0 Å². The minimum atomic E-state index is -0.807. The van der Waals surface area contributed by atoms with Gasteiger partial charge in [0.25, 0.3) is 11.8 Å². The largest absolute Gasteiger partial charge is 0.350 e. The number of imide groups is 1. The molecule has 1 unspecified atom stereocenters. The number of hydrogen-bond donors (Lipinski definition) is 1. The van der Waals surface area contributed by atoms with Crippen LogP contribution in [0.25, 0.3) is 0 Å². The van der Waals surface area contributed by atoms with Crippen molar-refractivity contribution in [3.05, 3.63) is 48.0 Å². The van der Waals surface area contributed by atoms with Crippen LogP contribution in [-0.2, 0) is 20.9 Å². The van der Waals surface area contributed by atoms with Gasteiger partial charge in [-0.05, 0) is 12.5 Å². The predicted octanol–water partition coefficient (Wildman–Crippen LogP) is 0.616. The van der Waals surface area contributed by atoms with Crippen molar-refractivity contribution in [1.82, 2.24) is 10.2 Å². The van der Waals surface area contributed by atoms with Crippen LogP contribution < -0.4 is 5.32 Å². The lowest BCUT2D eigenvalue weighted by Crippen LogP contribution is -2.47. The van der Waals surface area contributed by atoms with Crippen LogP contribution in [0.15, 0.2) is 42.5 Å². The summed E-state index contributed by atoms with van der Waals surface area (Å²) in [4.78, 5) is 35.7. The molecule has 3 amide bonds. The molecule has 5 nitrogen and oxygen atoms in total. The molecule has 1 aliphatic rings. The fourth-order valence-electron chi connectivity index (χ4n) is 1.84. The lowest BCUT2D eigenvalue weighted by atomic mass is 10.2. The second-order valence-corrected chi connectivity index (χ2v) is 4.26. The summed E-state index contributed by atoms with van der Waals surface area (Å²) >= 11 is 0. The molecular weight excluding hydrogens is 244 g/mol. The van der Waals surface area contributed by atoms with E-state index in [1.54, 1.807) is 0 Å². The van der Waals surface area contributed by atoms with E-state index in [0.29, 0.717) is 6.54 Å². The molecule has 2 rings (SSSR count). The van der Waals surface area contributed by atoms with E-state index in [9.17, 15) is 14.4 Å². The Labute approximate surface area is 110 Å². The Morgan fingerprint density at radius 3 is 2.32 bits per heavy atom. The quantitative estimate of drug-likeness (QED) is 0.805. The van der Waals surface area contributed by atoms with Gasteiger partial charge in [0.1, 0.15) is 6.04 Å². The molecule has 0 bridgehead atoms. The smallest absolute Gasteiger partial charge is 0.254 e. The van der Waals surface area contributed by atoms with Crippen LogP contribution in [0.5, 0.6) is 0 Å². The zero-order chi connectivity index (χ0) is 13.8. The van der Waals surface area contributed by atoms with Gasteiger partial charge in [-0.1, -0.05) is 30.3 Å². The lowest BCUT2D eigenvalue weighted by molar-refractivity contribution is -0.144. The van der Waals surface area contributed by atoms with E-state index in [4.69, 9.17) is 0 Å². The Kier molecular flexibility index (Phi) is 3.75.